The maximum absolute atomic E-state index is 12.1. The van der Waals surface area contributed by atoms with Crippen molar-refractivity contribution >= 4 is 5.91 Å². The molecule has 1 aromatic rings. The van der Waals surface area contributed by atoms with Crippen LogP contribution in [0.2, 0.25) is 0 Å². The van der Waals surface area contributed by atoms with E-state index in [1.54, 1.807) is 0 Å². The standard InChI is InChI=1S/C11H15N5O/c1-6(10-13-15-16-14-10)12-11(17)9-5-7-2-3-8(9)4-7/h2-3,6-9H,4-5H2,1H3,(H,12,17)(H,13,14,15,16). The number of aromatic nitrogens is 4. The number of fused-ring (bicyclic) bond motifs is 2. The zero-order chi connectivity index (χ0) is 11.8. The number of carbonyl (C=O) groups is 1. The lowest BCUT2D eigenvalue weighted by Crippen LogP contribution is -2.35. The summed E-state index contributed by atoms with van der Waals surface area (Å²) in [7, 11) is 0. The number of nitrogens with one attached hydrogen (secondary N) is 2. The van der Waals surface area contributed by atoms with Gasteiger partial charge >= 0.3 is 0 Å². The van der Waals surface area contributed by atoms with E-state index in [2.05, 4.69) is 38.1 Å². The minimum absolute atomic E-state index is 0.110. The lowest BCUT2D eigenvalue weighted by Gasteiger charge is -2.19. The van der Waals surface area contributed by atoms with Crippen LogP contribution >= 0.6 is 0 Å². The number of aromatic amines is 1. The molecule has 2 aliphatic rings. The normalized spacial score (nSPS) is 31.7. The summed E-state index contributed by atoms with van der Waals surface area (Å²) < 4.78 is 0. The highest BCUT2D eigenvalue weighted by Gasteiger charge is 2.40. The van der Waals surface area contributed by atoms with E-state index in [1.165, 1.54) is 0 Å². The molecule has 0 aromatic carbocycles. The van der Waals surface area contributed by atoms with Gasteiger partial charge in [-0.2, -0.15) is 5.21 Å². The Morgan fingerprint density at radius 3 is 3.00 bits per heavy atom. The van der Waals surface area contributed by atoms with Crippen LogP contribution < -0.4 is 5.32 Å². The van der Waals surface area contributed by atoms with Crippen molar-refractivity contribution in [2.45, 2.75) is 25.8 Å². The van der Waals surface area contributed by atoms with E-state index in [1.807, 2.05) is 6.92 Å². The number of hydrogen-bond donors (Lipinski definition) is 2. The largest absolute Gasteiger partial charge is 0.346 e. The summed E-state index contributed by atoms with van der Waals surface area (Å²) in [5.41, 5.74) is 0. The van der Waals surface area contributed by atoms with Gasteiger partial charge in [-0.15, -0.1) is 10.2 Å². The third-order valence-electron chi connectivity index (χ3n) is 3.72. The third-order valence-corrected chi connectivity index (χ3v) is 3.72. The lowest BCUT2D eigenvalue weighted by molar-refractivity contribution is -0.126. The van der Waals surface area contributed by atoms with Crippen molar-refractivity contribution < 1.29 is 4.79 Å². The molecule has 4 unspecified atom stereocenters. The van der Waals surface area contributed by atoms with Gasteiger partial charge in [0.1, 0.15) is 0 Å². The van der Waals surface area contributed by atoms with Crippen LogP contribution in [0.3, 0.4) is 0 Å². The number of carbonyl (C=O) groups excluding carboxylic acids is 1. The van der Waals surface area contributed by atoms with Crippen molar-refractivity contribution in [1.82, 2.24) is 25.9 Å². The summed E-state index contributed by atoms with van der Waals surface area (Å²) in [6, 6.07) is -0.190. The number of H-pyrrole nitrogens is 1. The Labute approximate surface area is 98.9 Å². The van der Waals surface area contributed by atoms with Gasteiger partial charge in [0.2, 0.25) is 5.91 Å². The second-order valence-corrected chi connectivity index (χ2v) is 4.89. The first kappa shape index (κ1) is 10.4. The Kier molecular flexibility index (Phi) is 2.42. The molecule has 2 bridgehead atoms. The Morgan fingerprint density at radius 1 is 1.53 bits per heavy atom. The summed E-state index contributed by atoms with van der Waals surface area (Å²) in [6.07, 6.45) is 6.52. The number of allylic oxidation sites excluding steroid dienone is 2. The monoisotopic (exact) mass is 233 g/mol. The van der Waals surface area contributed by atoms with Crippen LogP contribution in [-0.4, -0.2) is 26.5 Å². The molecule has 1 amide bonds. The van der Waals surface area contributed by atoms with E-state index >= 15 is 0 Å². The molecule has 6 heteroatoms. The van der Waals surface area contributed by atoms with Crippen molar-refractivity contribution in [3.05, 3.63) is 18.0 Å². The van der Waals surface area contributed by atoms with Gasteiger partial charge in [-0.25, -0.2) is 0 Å². The van der Waals surface area contributed by atoms with Gasteiger partial charge in [0.05, 0.1) is 6.04 Å². The maximum atomic E-state index is 12.1. The van der Waals surface area contributed by atoms with E-state index in [9.17, 15) is 4.79 Å². The zero-order valence-electron chi connectivity index (χ0n) is 9.63. The number of tetrazole rings is 1. The highest BCUT2D eigenvalue weighted by atomic mass is 16.2. The third kappa shape index (κ3) is 1.83. The number of amides is 1. The fraction of sp³-hybridized carbons (Fsp3) is 0.636. The Hall–Kier alpha value is -1.72. The van der Waals surface area contributed by atoms with Crippen molar-refractivity contribution in [2.24, 2.45) is 17.8 Å². The van der Waals surface area contributed by atoms with Crippen molar-refractivity contribution in [3.8, 4) is 0 Å². The van der Waals surface area contributed by atoms with Crippen molar-refractivity contribution in [3.63, 3.8) is 0 Å². The molecule has 0 radical (unpaired) electrons. The molecule has 1 fully saturated rings. The molecule has 2 N–H and O–H groups in total. The predicted molar refractivity (Wildman–Crippen MR) is 59.6 cm³/mol. The molecular weight excluding hydrogens is 218 g/mol. The van der Waals surface area contributed by atoms with Crippen LogP contribution in [0.1, 0.15) is 31.6 Å². The Balaban J connectivity index is 1.62. The van der Waals surface area contributed by atoms with Crippen molar-refractivity contribution in [1.29, 1.82) is 0 Å². The van der Waals surface area contributed by atoms with E-state index in [4.69, 9.17) is 0 Å². The SMILES string of the molecule is CC(NC(=O)C1CC2C=CC1C2)c1nn[nH]n1. The summed E-state index contributed by atoms with van der Waals surface area (Å²) >= 11 is 0. The van der Waals surface area contributed by atoms with E-state index < -0.39 is 0 Å². The van der Waals surface area contributed by atoms with Crippen LogP contribution in [0.15, 0.2) is 12.2 Å². The Bertz CT molecular complexity index is 441. The second kappa shape index (κ2) is 3.94. The van der Waals surface area contributed by atoms with Crippen LogP contribution in [-0.2, 0) is 4.79 Å². The predicted octanol–water partition coefficient (Wildman–Crippen LogP) is 0.589. The summed E-state index contributed by atoms with van der Waals surface area (Å²) in [6.45, 7) is 1.87. The topological polar surface area (TPSA) is 83.6 Å². The van der Waals surface area contributed by atoms with Crippen LogP contribution in [0.5, 0.6) is 0 Å². The summed E-state index contributed by atoms with van der Waals surface area (Å²) in [4.78, 5) is 12.1. The van der Waals surface area contributed by atoms with Gasteiger partial charge in [0.25, 0.3) is 0 Å². The summed E-state index contributed by atoms with van der Waals surface area (Å²) in [5.74, 6) is 1.80. The molecule has 2 aliphatic carbocycles. The molecule has 1 saturated carbocycles. The first-order valence-electron chi connectivity index (χ1n) is 5.96. The smallest absolute Gasteiger partial charge is 0.224 e. The fourth-order valence-electron chi connectivity index (χ4n) is 2.82. The number of nitrogens with zero attached hydrogens (tertiary/aromatic N) is 3. The van der Waals surface area contributed by atoms with Crippen LogP contribution in [0, 0.1) is 17.8 Å². The maximum Gasteiger partial charge on any atom is 0.224 e. The molecule has 3 rings (SSSR count). The van der Waals surface area contributed by atoms with Crippen LogP contribution in [0.25, 0.3) is 0 Å². The van der Waals surface area contributed by atoms with Gasteiger partial charge in [-0.05, 0) is 31.6 Å². The molecule has 6 nitrogen and oxygen atoms in total. The average molecular weight is 233 g/mol. The molecule has 0 saturated heterocycles. The fourth-order valence-corrected chi connectivity index (χ4v) is 2.82. The molecule has 1 heterocycles. The molecule has 17 heavy (non-hydrogen) atoms. The van der Waals surface area contributed by atoms with Gasteiger partial charge in [0, 0.05) is 5.92 Å². The van der Waals surface area contributed by atoms with Gasteiger partial charge < -0.3 is 5.32 Å². The highest BCUT2D eigenvalue weighted by Crippen LogP contribution is 2.43. The van der Waals surface area contributed by atoms with Crippen LogP contribution in [0.4, 0.5) is 0 Å². The zero-order valence-corrected chi connectivity index (χ0v) is 9.63. The van der Waals surface area contributed by atoms with Crippen molar-refractivity contribution in [2.75, 3.05) is 0 Å². The van der Waals surface area contributed by atoms with E-state index in [0.29, 0.717) is 17.7 Å². The minimum atomic E-state index is -0.190. The average Bonchev–Trinajstić information content (AvgIpc) is 3.05. The number of hydrogen-bond acceptors (Lipinski definition) is 4. The highest BCUT2D eigenvalue weighted by molar-refractivity contribution is 5.80. The molecule has 0 spiro atoms. The molecule has 90 valence electrons. The molecular formula is C11H15N5O. The molecule has 4 atom stereocenters. The molecule has 0 aliphatic heterocycles. The number of rotatable bonds is 3. The van der Waals surface area contributed by atoms with E-state index in [-0.39, 0.29) is 17.9 Å². The Morgan fingerprint density at radius 2 is 2.41 bits per heavy atom. The quantitative estimate of drug-likeness (QED) is 0.748. The molecule has 1 aromatic heterocycles. The minimum Gasteiger partial charge on any atom is -0.346 e. The lowest BCUT2D eigenvalue weighted by atomic mass is 9.92. The van der Waals surface area contributed by atoms with Gasteiger partial charge in [-0.1, -0.05) is 17.4 Å². The van der Waals surface area contributed by atoms with E-state index in [0.717, 1.165) is 12.8 Å². The van der Waals surface area contributed by atoms with Gasteiger partial charge in [0.15, 0.2) is 5.82 Å². The first-order valence-corrected chi connectivity index (χ1v) is 5.96. The summed E-state index contributed by atoms with van der Waals surface area (Å²) in [5, 5.41) is 16.6. The van der Waals surface area contributed by atoms with Gasteiger partial charge in [-0.3, -0.25) is 4.79 Å². The second-order valence-electron chi connectivity index (χ2n) is 4.89. The first-order chi connectivity index (χ1) is 8.24.